The Bertz CT molecular complexity index is 852. The fourth-order valence-corrected chi connectivity index (χ4v) is 3.80. The average molecular weight is 522 g/mol. The van der Waals surface area contributed by atoms with E-state index in [1.807, 2.05) is 0 Å². The molecular formula is C20H30N2O14. The molecule has 2 heterocycles. The number of aliphatic hydroxyl groups excluding tert-OH is 3. The first-order valence-electron chi connectivity index (χ1n) is 10.8. The van der Waals surface area contributed by atoms with Crippen LogP contribution in [0.3, 0.4) is 0 Å². The van der Waals surface area contributed by atoms with Gasteiger partial charge in [-0.25, -0.2) is 0 Å². The maximum absolute atomic E-state index is 12.0. The van der Waals surface area contributed by atoms with Crippen LogP contribution in [0.5, 0.6) is 0 Å². The predicted molar refractivity (Wildman–Crippen MR) is 111 cm³/mol. The Morgan fingerprint density at radius 2 is 1.42 bits per heavy atom. The molecule has 16 heteroatoms. The fourth-order valence-electron chi connectivity index (χ4n) is 3.80. The van der Waals surface area contributed by atoms with Crippen molar-refractivity contribution in [3.8, 4) is 0 Å². The highest BCUT2D eigenvalue weighted by Gasteiger charge is 2.54. The molecular weight excluding hydrogens is 492 g/mol. The number of rotatable bonds is 8. The Morgan fingerprint density at radius 3 is 1.92 bits per heavy atom. The lowest BCUT2D eigenvalue weighted by Gasteiger charge is -2.47. The van der Waals surface area contributed by atoms with E-state index in [1.165, 1.54) is 0 Å². The molecule has 0 aromatic heterocycles. The number of nitrogens with one attached hydrogen (secondary N) is 1. The molecule has 0 aliphatic carbocycles. The van der Waals surface area contributed by atoms with Gasteiger partial charge in [-0.05, 0) is 0 Å². The third-order valence-electron chi connectivity index (χ3n) is 5.21. The Hall–Kier alpha value is -2.89. The SMILES string of the molecule is CC(=O)N[C@H]1[C@H](O[C@@H]2[C@@H](O)[C@@H](O)[C@@H](C(N)=O)O[C@@H]2O)O[C@H](COC(C)=O)[C@@H](OC(C)=O)[C@@H]1OC(C)=O. The molecule has 2 rings (SSSR count). The van der Waals surface area contributed by atoms with Gasteiger partial charge in [0.2, 0.25) is 11.8 Å². The van der Waals surface area contributed by atoms with Gasteiger partial charge in [-0.2, -0.15) is 0 Å². The molecule has 36 heavy (non-hydrogen) atoms. The summed E-state index contributed by atoms with van der Waals surface area (Å²) >= 11 is 0. The summed E-state index contributed by atoms with van der Waals surface area (Å²) in [6.45, 7) is 3.81. The lowest BCUT2D eigenvalue weighted by Crippen LogP contribution is -2.69. The van der Waals surface area contributed by atoms with Crippen LogP contribution >= 0.6 is 0 Å². The highest BCUT2D eigenvalue weighted by Crippen LogP contribution is 2.31. The first kappa shape index (κ1) is 29.3. The van der Waals surface area contributed by atoms with Crippen molar-refractivity contribution in [3.63, 3.8) is 0 Å². The van der Waals surface area contributed by atoms with Crippen LogP contribution < -0.4 is 11.1 Å². The van der Waals surface area contributed by atoms with Crippen LogP contribution in [0.4, 0.5) is 0 Å². The van der Waals surface area contributed by atoms with Crippen molar-refractivity contribution in [2.24, 2.45) is 5.73 Å². The predicted octanol–water partition coefficient (Wildman–Crippen LogP) is -4.05. The highest BCUT2D eigenvalue weighted by molar-refractivity contribution is 5.79. The molecule has 0 bridgehead atoms. The molecule has 2 saturated heterocycles. The van der Waals surface area contributed by atoms with E-state index < -0.39 is 97.7 Å². The third-order valence-corrected chi connectivity index (χ3v) is 5.21. The van der Waals surface area contributed by atoms with Gasteiger partial charge in [0.25, 0.3) is 0 Å². The second-order valence-electron chi connectivity index (χ2n) is 8.15. The Balaban J connectivity index is 2.44. The van der Waals surface area contributed by atoms with E-state index in [0.29, 0.717) is 0 Å². The summed E-state index contributed by atoms with van der Waals surface area (Å²) < 4.78 is 31.8. The minimum atomic E-state index is -2.01. The van der Waals surface area contributed by atoms with Crippen LogP contribution in [0.25, 0.3) is 0 Å². The zero-order valence-corrected chi connectivity index (χ0v) is 19.9. The number of hydrogen-bond donors (Lipinski definition) is 5. The molecule has 2 aliphatic rings. The van der Waals surface area contributed by atoms with Crippen LogP contribution in [-0.4, -0.2) is 113 Å². The number of carbonyl (C=O) groups excluding carboxylic acids is 5. The van der Waals surface area contributed by atoms with Crippen molar-refractivity contribution in [1.29, 1.82) is 0 Å². The summed E-state index contributed by atoms with van der Waals surface area (Å²) in [5.74, 6) is -4.21. The number of primary amides is 1. The fraction of sp³-hybridized carbons (Fsp3) is 0.750. The van der Waals surface area contributed by atoms with Crippen LogP contribution in [-0.2, 0) is 52.4 Å². The number of esters is 3. The summed E-state index contributed by atoms with van der Waals surface area (Å²) in [5.41, 5.74) is 5.09. The molecule has 0 spiro atoms. The average Bonchev–Trinajstić information content (AvgIpc) is 2.74. The minimum Gasteiger partial charge on any atom is -0.463 e. The van der Waals surface area contributed by atoms with Gasteiger partial charge in [-0.1, -0.05) is 0 Å². The molecule has 6 N–H and O–H groups in total. The van der Waals surface area contributed by atoms with Crippen molar-refractivity contribution >= 4 is 29.7 Å². The van der Waals surface area contributed by atoms with E-state index in [0.717, 1.165) is 27.7 Å². The summed E-state index contributed by atoms with van der Waals surface area (Å²) in [5, 5.41) is 33.4. The lowest BCUT2D eigenvalue weighted by atomic mass is 9.95. The zero-order chi connectivity index (χ0) is 27.3. The molecule has 0 unspecified atom stereocenters. The largest absolute Gasteiger partial charge is 0.463 e. The van der Waals surface area contributed by atoms with Crippen LogP contribution in [0.1, 0.15) is 27.7 Å². The first-order valence-corrected chi connectivity index (χ1v) is 10.8. The number of hydrogen-bond acceptors (Lipinski definition) is 14. The van der Waals surface area contributed by atoms with E-state index in [2.05, 4.69) is 5.32 Å². The second kappa shape index (κ2) is 12.4. The van der Waals surface area contributed by atoms with Gasteiger partial charge >= 0.3 is 17.9 Å². The first-order chi connectivity index (χ1) is 16.7. The van der Waals surface area contributed by atoms with Crippen molar-refractivity contribution in [2.75, 3.05) is 6.61 Å². The second-order valence-corrected chi connectivity index (χ2v) is 8.15. The van der Waals surface area contributed by atoms with Crippen LogP contribution in [0.2, 0.25) is 0 Å². The maximum atomic E-state index is 12.0. The molecule has 2 amide bonds. The summed E-state index contributed by atoms with van der Waals surface area (Å²) in [6.07, 6.45) is -15.2. The van der Waals surface area contributed by atoms with E-state index in [4.69, 9.17) is 34.2 Å². The number of aliphatic hydroxyl groups is 3. The number of ether oxygens (including phenoxy) is 6. The van der Waals surface area contributed by atoms with Crippen molar-refractivity contribution in [1.82, 2.24) is 5.32 Å². The summed E-state index contributed by atoms with van der Waals surface area (Å²) in [6, 6.07) is -1.41. The smallest absolute Gasteiger partial charge is 0.303 e. The van der Waals surface area contributed by atoms with Crippen molar-refractivity contribution < 1.29 is 67.7 Å². The Labute approximate surface area is 204 Å². The molecule has 10 atom stereocenters. The molecule has 0 aromatic carbocycles. The van der Waals surface area contributed by atoms with E-state index in [1.54, 1.807) is 0 Å². The zero-order valence-electron chi connectivity index (χ0n) is 19.9. The maximum Gasteiger partial charge on any atom is 0.303 e. The lowest BCUT2D eigenvalue weighted by molar-refractivity contribution is -0.343. The number of nitrogens with two attached hydrogens (primary N) is 1. The van der Waals surface area contributed by atoms with Gasteiger partial charge in [-0.15, -0.1) is 0 Å². The minimum absolute atomic E-state index is 0.518. The monoisotopic (exact) mass is 522 g/mol. The molecule has 2 fully saturated rings. The van der Waals surface area contributed by atoms with Gasteiger partial charge in [0.15, 0.2) is 30.9 Å². The van der Waals surface area contributed by atoms with Crippen molar-refractivity contribution in [2.45, 2.75) is 89.0 Å². The van der Waals surface area contributed by atoms with E-state index in [-0.39, 0.29) is 0 Å². The van der Waals surface area contributed by atoms with Crippen LogP contribution in [0.15, 0.2) is 0 Å². The third kappa shape index (κ3) is 7.31. The van der Waals surface area contributed by atoms with Gasteiger partial charge in [-0.3, -0.25) is 24.0 Å². The normalized spacial score (nSPS) is 36.3. The van der Waals surface area contributed by atoms with Gasteiger partial charge in [0.1, 0.15) is 37.1 Å². The van der Waals surface area contributed by atoms with E-state index in [9.17, 15) is 39.3 Å². The molecule has 16 nitrogen and oxygen atoms in total. The molecule has 0 radical (unpaired) electrons. The molecule has 0 saturated carbocycles. The quantitative estimate of drug-likeness (QED) is 0.151. The molecule has 204 valence electrons. The topological polar surface area (TPSA) is 239 Å². The van der Waals surface area contributed by atoms with E-state index >= 15 is 0 Å². The number of amides is 2. The van der Waals surface area contributed by atoms with Crippen LogP contribution in [0, 0.1) is 0 Å². The summed E-state index contributed by atoms with van der Waals surface area (Å²) in [7, 11) is 0. The van der Waals surface area contributed by atoms with Gasteiger partial charge in [0.05, 0.1) is 0 Å². The standard InChI is InChI=1S/C20H30N2O14/c1-6(23)22-11-15(33-9(4)26)14(32-8(3)25)10(5-31-7(2)24)34-20(11)36-17-13(28)12(27)16(18(21)29)35-19(17)30/h10-17,19-20,27-28,30H,5H2,1-4H3,(H2,21,29)(H,22,23)/t10-,11-,12-,13+,14-,15-,16+,17-,19+,20+/m1/s1. The van der Waals surface area contributed by atoms with Crippen molar-refractivity contribution in [3.05, 3.63) is 0 Å². The Kier molecular flexibility index (Phi) is 10.1. The Morgan fingerprint density at radius 1 is 0.833 bits per heavy atom. The summed E-state index contributed by atoms with van der Waals surface area (Å²) in [4.78, 5) is 58.4. The highest BCUT2D eigenvalue weighted by atomic mass is 16.7. The molecule has 0 aromatic rings. The van der Waals surface area contributed by atoms with Gasteiger partial charge < -0.3 is 54.8 Å². The molecule has 2 aliphatic heterocycles. The van der Waals surface area contributed by atoms with Gasteiger partial charge in [0, 0.05) is 27.7 Å². The number of carbonyl (C=O) groups is 5.